The Morgan fingerprint density at radius 3 is 2.04 bits per heavy atom. The van der Waals surface area contributed by atoms with Crippen LogP contribution in [0, 0.1) is 0 Å². The van der Waals surface area contributed by atoms with Crippen molar-refractivity contribution in [2.45, 2.75) is 110 Å². The Morgan fingerprint density at radius 1 is 0.920 bits per heavy atom. The van der Waals surface area contributed by atoms with Gasteiger partial charge in [-0.3, -0.25) is 4.99 Å². The molecule has 0 aromatic heterocycles. The Bertz CT molecular complexity index is 363. The van der Waals surface area contributed by atoms with Gasteiger partial charge in [0.05, 0.1) is 6.54 Å². The molecule has 1 rings (SSSR count). The van der Waals surface area contributed by atoms with Crippen LogP contribution in [0.5, 0.6) is 0 Å². The van der Waals surface area contributed by atoms with E-state index in [9.17, 15) is 5.11 Å². The van der Waals surface area contributed by atoms with Crippen molar-refractivity contribution in [1.29, 1.82) is 0 Å². The zero-order valence-electron chi connectivity index (χ0n) is 16.9. The van der Waals surface area contributed by atoms with Gasteiger partial charge in [0.2, 0.25) is 0 Å². The van der Waals surface area contributed by atoms with Gasteiger partial charge in [0.1, 0.15) is 12.1 Å². The van der Waals surface area contributed by atoms with Crippen LogP contribution in [-0.4, -0.2) is 35.2 Å². The summed E-state index contributed by atoms with van der Waals surface area (Å²) in [5, 5.41) is 9.69. The second-order valence-corrected chi connectivity index (χ2v) is 7.43. The molecule has 0 aromatic rings. The molecule has 0 saturated heterocycles. The van der Waals surface area contributed by atoms with E-state index < -0.39 is 0 Å². The maximum absolute atomic E-state index is 9.69. The van der Waals surface area contributed by atoms with E-state index in [0.717, 1.165) is 25.3 Å². The molecule has 1 aliphatic heterocycles. The van der Waals surface area contributed by atoms with Gasteiger partial charge >= 0.3 is 0 Å². The normalized spacial score (nSPS) is 16.0. The van der Waals surface area contributed by atoms with Crippen LogP contribution >= 0.6 is 0 Å². The lowest BCUT2D eigenvalue weighted by molar-refractivity contribution is 0.0766. The van der Waals surface area contributed by atoms with Gasteiger partial charge in [-0.25, -0.2) is 0 Å². The molecule has 0 aromatic carbocycles. The van der Waals surface area contributed by atoms with E-state index in [2.05, 4.69) is 24.1 Å². The summed E-state index contributed by atoms with van der Waals surface area (Å²) in [6.07, 6.45) is 22.8. The molecular formula is C22H42N2O. The largest absolute Gasteiger partial charge is 0.374 e. The molecule has 0 amide bonds. The molecule has 1 N–H and O–H groups in total. The predicted molar refractivity (Wildman–Crippen MR) is 110 cm³/mol. The van der Waals surface area contributed by atoms with Gasteiger partial charge in [0, 0.05) is 13.0 Å². The summed E-state index contributed by atoms with van der Waals surface area (Å²) in [6.45, 7) is 5.79. The first-order chi connectivity index (χ1) is 12.3. The lowest BCUT2D eigenvalue weighted by atomic mass is 10.0. The number of allylic oxidation sites excluding steroid dienone is 2. The summed E-state index contributed by atoms with van der Waals surface area (Å²) >= 11 is 0. The van der Waals surface area contributed by atoms with Gasteiger partial charge in [-0.05, 0) is 32.6 Å². The zero-order chi connectivity index (χ0) is 18.2. The molecule has 1 aliphatic rings. The smallest absolute Gasteiger partial charge is 0.125 e. The summed E-state index contributed by atoms with van der Waals surface area (Å²) in [5.41, 5.74) is 0. The summed E-state index contributed by atoms with van der Waals surface area (Å²) in [6, 6.07) is 0. The van der Waals surface area contributed by atoms with Crippen molar-refractivity contribution < 1.29 is 5.11 Å². The highest BCUT2D eigenvalue weighted by molar-refractivity contribution is 5.83. The monoisotopic (exact) mass is 350 g/mol. The number of hydrogen-bond acceptors (Lipinski definition) is 3. The van der Waals surface area contributed by atoms with Crippen LogP contribution in [-0.2, 0) is 0 Å². The number of hydrogen-bond donors (Lipinski definition) is 1. The van der Waals surface area contributed by atoms with Gasteiger partial charge in [-0.2, -0.15) is 0 Å². The van der Waals surface area contributed by atoms with E-state index >= 15 is 0 Å². The highest BCUT2D eigenvalue weighted by atomic mass is 16.3. The number of unbranched alkanes of at least 4 members (excludes halogenated alkanes) is 11. The minimum Gasteiger partial charge on any atom is -0.374 e. The fourth-order valence-electron chi connectivity index (χ4n) is 3.55. The van der Waals surface area contributed by atoms with E-state index in [1.54, 1.807) is 0 Å². The number of aliphatic hydroxyl groups is 1. The van der Waals surface area contributed by atoms with E-state index in [1.807, 2.05) is 11.8 Å². The molecule has 0 spiro atoms. The third-order valence-corrected chi connectivity index (χ3v) is 5.09. The molecule has 0 aliphatic carbocycles. The van der Waals surface area contributed by atoms with E-state index in [4.69, 9.17) is 0 Å². The molecule has 0 fully saturated rings. The zero-order valence-corrected chi connectivity index (χ0v) is 16.9. The number of nitrogens with zero attached hydrogens (tertiary/aromatic N) is 2. The molecule has 0 bridgehead atoms. The quantitative estimate of drug-likeness (QED) is 0.270. The van der Waals surface area contributed by atoms with Gasteiger partial charge in [-0.1, -0.05) is 76.9 Å². The first kappa shape index (κ1) is 22.2. The van der Waals surface area contributed by atoms with Crippen LogP contribution in [0.1, 0.15) is 104 Å². The molecule has 146 valence electrons. The van der Waals surface area contributed by atoms with Gasteiger partial charge in [-0.15, -0.1) is 0 Å². The first-order valence-electron chi connectivity index (χ1n) is 10.9. The van der Waals surface area contributed by atoms with E-state index in [-0.39, 0.29) is 6.23 Å². The number of amidine groups is 1. The second-order valence-electron chi connectivity index (χ2n) is 7.43. The van der Waals surface area contributed by atoms with Crippen molar-refractivity contribution in [1.82, 2.24) is 4.90 Å². The van der Waals surface area contributed by atoms with Crippen molar-refractivity contribution in [3.63, 3.8) is 0 Å². The van der Waals surface area contributed by atoms with E-state index in [0.29, 0.717) is 0 Å². The molecule has 0 radical (unpaired) electrons. The average Bonchev–Trinajstić information content (AvgIpc) is 3.07. The van der Waals surface area contributed by atoms with Crippen molar-refractivity contribution in [2.24, 2.45) is 4.99 Å². The average molecular weight is 351 g/mol. The lowest BCUT2D eigenvalue weighted by Crippen LogP contribution is -2.35. The van der Waals surface area contributed by atoms with Crippen LogP contribution in [0.4, 0.5) is 0 Å². The first-order valence-corrected chi connectivity index (χ1v) is 10.9. The molecule has 1 atom stereocenters. The number of aliphatic hydroxyl groups excluding tert-OH is 1. The molecule has 0 saturated carbocycles. The van der Waals surface area contributed by atoms with Crippen LogP contribution in [0.25, 0.3) is 0 Å². The lowest BCUT2D eigenvalue weighted by Gasteiger charge is -2.23. The van der Waals surface area contributed by atoms with Gasteiger partial charge in [0.25, 0.3) is 0 Å². The van der Waals surface area contributed by atoms with Crippen LogP contribution in [0.3, 0.4) is 0 Å². The molecule has 1 heterocycles. The minimum atomic E-state index is -0.381. The van der Waals surface area contributed by atoms with Crippen LogP contribution in [0.15, 0.2) is 17.1 Å². The van der Waals surface area contributed by atoms with Crippen molar-refractivity contribution >= 4 is 5.84 Å². The Morgan fingerprint density at radius 2 is 1.48 bits per heavy atom. The summed E-state index contributed by atoms with van der Waals surface area (Å²) < 4.78 is 0. The summed E-state index contributed by atoms with van der Waals surface area (Å²) in [5.74, 6) is 1.13. The fourth-order valence-corrected chi connectivity index (χ4v) is 3.55. The Hall–Kier alpha value is -0.830. The maximum Gasteiger partial charge on any atom is 0.125 e. The number of aliphatic imine (C=N–C) groups is 1. The van der Waals surface area contributed by atoms with Gasteiger partial charge < -0.3 is 10.0 Å². The molecular weight excluding hydrogens is 308 g/mol. The van der Waals surface area contributed by atoms with Crippen molar-refractivity contribution in [3.05, 3.63) is 12.2 Å². The number of rotatable bonds is 16. The van der Waals surface area contributed by atoms with E-state index in [1.165, 1.54) is 83.5 Å². The third-order valence-electron chi connectivity index (χ3n) is 5.09. The second kappa shape index (κ2) is 15.4. The Balaban J connectivity index is 1.80. The van der Waals surface area contributed by atoms with Crippen LogP contribution in [0.2, 0.25) is 0 Å². The molecule has 3 nitrogen and oxygen atoms in total. The highest BCUT2D eigenvalue weighted by Crippen LogP contribution is 2.15. The standard InChI is InChI=1S/C22H42N2O/c1-3-4-5-6-7-8-9-10-11-12-13-14-15-16-17-18-22-23-19-20-24(22)21(2)25/h4-5,21,25H,3,6-20H2,1-2H3/b5-4+. The molecule has 1 unspecified atom stereocenters. The summed E-state index contributed by atoms with van der Waals surface area (Å²) in [4.78, 5) is 6.56. The van der Waals surface area contributed by atoms with Crippen LogP contribution < -0.4 is 0 Å². The SMILES string of the molecule is CC/C=C/CCCCCCCCCCCCCC1=NCCN1C(C)O. The van der Waals surface area contributed by atoms with Gasteiger partial charge in [0.15, 0.2) is 0 Å². The summed E-state index contributed by atoms with van der Waals surface area (Å²) in [7, 11) is 0. The highest BCUT2D eigenvalue weighted by Gasteiger charge is 2.19. The third kappa shape index (κ3) is 11.4. The topological polar surface area (TPSA) is 35.8 Å². The predicted octanol–water partition coefficient (Wildman–Crippen LogP) is 6.08. The Labute approximate surface area is 156 Å². The minimum absolute atomic E-state index is 0.381. The fraction of sp³-hybridized carbons (Fsp3) is 0.864. The Kier molecular flexibility index (Phi) is 13.7. The van der Waals surface area contributed by atoms with Crippen molar-refractivity contribution in [3.8, 4) is 0 Å². The maximum atomic E-state index is 9.69. The molecule has 3 heteroatoms. The molecule has 25 heavy (non-hydrogen) atoms. The van der Waals surface area contributed by atoms with Crippen molar-refractivity contribution in [2.75, 3.05) is 13.1 Å².